The molecule has 0 saturated carbocycles. The molecule has 1 rings (SSSR count). The van der Waals surface area contributed by atoms with Crippen molar-refractivity contribution in [2.45, 2.75) is 77.9 Å². The lowest BCUT2D eigenvalue weighted by atomic mass is 10.0. The van der Waals surface area contributed by atoms with Crippen LogP contribution in [0.25, 0.3) is 0 Å². The van der Waals surface area contributed by atoms with Crippen LogP contribution >= 0.6 is 0 Å². The van der Waals surface area contributed by atoms with Crippen LogP contribution in [0.15, 0.2) is 30.3 Å². The maximum Gasteiger partial charge on any atom is 0.408 e. The smallest absolute Gasteiger partial charge is 0.408 e. The number of alkyl carbamates (subject to hydrolysis) is 1. The van der Waals surface area contributed by atoms with E-state index in [4.69, 9.17) is 4.74 Å². The summed E-state index contributed by atoms with van der Waals surface area (Å²) in [6.07, 6.45) is 5.35. The minimum absolute atomic E-state index is 0.312. The third-order valence-corrected chi connectivity index (χ3v) is 5.17. The van der Waals surface area contributed by atoms with Crippen molar-refractivity contribution in [3.63, 3.8) is 0 Å². The lowest BCUT2D eigenvalue weighted by Crippen LogP contribution is -2.48. The number of nitrogens with one attached hydrogen (secondary N) is 2. The Labute approximate surface area is 208 Å². The number of unbranched alkanes of at least 4 members (excludes halogenated alkanes) is 5. The molecule has 0 aliphatic carbocycles. The second kappa shape index (κ2) is 15.7. The predicted molar refractivity (Wildman–Crippen MR) is 134 cm³/mol. The molecule has 196 valence electrons. The number of methoxy groups -OCH3 is 1. The lowest BCUT2D eigenvalue weighted by molar-refractivity contribution is -0.143. The summed E-state index contributed by atoms with van der Waals surface area (Å²) in [5.41, 5.74) is -0.0995. The molecule has 9 heteroatoms. The van der Waals surface area contributed by atoms with Crippen LogP contribution in [0.5, 0.6) is 0 Å². The third kappa shape index (κ3) is 12.2. The Bertz CT molecular complexity index is 807. The highest BCUT2D eigenvalue weighted by Crippen LogP contribution is 2.22. The Kier molecular flexibility index (Phi) is 13.5. The second-order valence-corrected chi connectivity index (χ2v) is 9.32. The van der Waals surface area contributed by atoms with Gasteiger partial charge in [-0.15, -0.1) is 0 Å². The zero-order valence-electron chi connectivity index (χ0n) is 21.7. The van der Waals surface area contributed by atoms with Gasteiger partial charge in [-0.2, -0.15) is 0 Å². The summed E-state index contributed by atoms with van der Waals surface area (Å²) in [6, 6.07) is 7.92. The van der Waals surface area contributed by atoms with E-state index in [0.29, 0.717) is 18.5 Å². The maximum absolute atomic E-state index is 13.3. The molecular formula is C26H41N3O6. The molecule has 2 N–H and O–H groups in total. The van der Waals surface area contributed by atoms with E-state index >= 15 is 0 Å². The first kappa shape index (κ1) is 29.9. The summed E-state index contributed by atoms with van der Waals surface area (Å²) in [7, 11) is 1.24. The molecule has 0 saturated heterocycles. The van der Waals surface area contributed by atoms with Gasteiger partial charge >= 0.3 is 12.1 Å². The summed E-state index contributed by atoms with van der Waals surface area (Å²) in [5.74, 6) is -1.52. The molecule has 0 spiro atoms. The van der Waals surface area contributed by atoms with Crippen molar-refractivity contribution in [3.05, 3.63) is 35.9 Å². The first-order valence-electron chi connectivity index (χ1n) is 12.2. The van der Waals surface area contributed by atoms with Crippen molar-refractivity contribution in [1.29, 1.82) is 0 Å². The Hall–Kier alpha value is -3.10. The first-order valence-corrected chi connectivity index (χ1v) is 12.2. The van der Waals surface area contributed by atoms with Gasteiger partial charge in [-0.25, -0.2) is 4.79 Å². The normalized spacial score (nSPS) is 11.8. The number of esters is 1. The Balaban J connectivity index is 3.07. The number of benzene rings is 1. The van der Waals surface area contributed by atoms with Crippen molar-refractivity contribution < 1.29 is 28.7 Å². The van der Waals surface area contributed by atoms with Gasteiger partial charge in [-0.3, -0.25) is 14.4 Å². The van der Waals surface area contributed by atoms with Gasteiger partial charge in [0.2, 0.25) is 11.8 Å². The van der Waals surface area contributed by atoms with Crippen LogP contribution < -0.4 is 10.6 Å². The van der Waals surface area contributed by atoms with Gasteiger partial charge in [-0.1, -0.05) is 69.4 Å². The second-order valence-electron chi connectivity index (χ2n) is 9.32. The zero-order chi connectivity index (χ0) is 26.3. The van der Waals surface area contributed by atoms with Crippen molar-refractivity contribution in [1.82, 2.24) is 15.5 Å². The minimum atomic E-state index is -0.968. The number of hydrogen-bond acceptors (Lipinski definition) is 6. The van der Waals surface area contributed by atoms with Gasteiger partial charge in [0.25, 0.3) is 0 Å². The molecule has 0 aliphatic heterocycles. The van der Waals surface area contributed by atoms with E-state index in [-0.39, 0.29) is 13.1 Å². The van der Waals surface area contributed by atoms with E-state index in [1.54, 1.807) is 45.0 Å². The van der Waals surface area contributed by atoms with Gasteiger partial charge in [-0.05, 0) is 32.8 Å². The summed E-state index contributed by atoms with van der Waals surface area (Å²) in [5, 5.41) is 5.05. The van der Waals surface area contributed by atoms with Gasteiger partial charge < -0.3 is 25.0 Å². The molecule has 0 aliphatic rings. The van der Waals surface area contributed by atoms with Crippen LogP contribution in [-0.4, -0.2) is 61.1 Å². The van der Waals surface area contributed by atoms with Crippen LogP contribution in [-0.2, 0) is 23.9 Å². The van der Waals surface area contributed by atoms with Crippen LogP contribution in [0.1, 0.15) is 77.8 Å². The molecule has 1 aromatic rings. The third-order valence-electron chi connectivity index (χ3n) is 5.17. The predicted octanol–water partition coefficient (Wildman–Crippen LogP) is 3.73. The van der Waals surface area contributed by atoms with Crippen molar-refractivity contribution in [2.75, 3.05) is 26.7 Å². The number of nitrogens with zero attached hydrogens (tertiary/aromatic N) is 1. The average Bonchev–Trinajstić information content (AvgIpc) is 2.81. The largest absolute Gasteiger partial charge is 0.468 e. The fraction of sp³-hybridized carbons (Fsp3) is 0.615. The highest BCUT2D eigenvalue weighted by atomic mass is 16.6. The Morgan fingerprint density at radius 3 is 2.14 bits per heavy atom. The molecule has 0 radical (unpaired) electrons. The van der Waals surface area contributed by atoms with Gasteiger partial charge in [0.1, 0.15) is 24.7 Å². The summed E-state index contributed by atoms with van der Waals surface area (Å²) < 4.78 is 9.84. The van der Waals surface area contributed by atoms with Crippen LogP contribution in [0.4, 0.5) is 4.79 Å². The molecule has 1 atom stereocenters. The number of ether oxygens (including phenoxy) is 2. The zero-order valence-corrected chi connectivity index (χ0v) is 21.7. The highest BCUT2D eigenvalue weighted by molar-refractivity contribution is 5.91. The van der Waals surface area contributed by atoms with E-state index in [1.165, 1.54) is 12.0 Å². The van der Waals surface area contributed by atoms with E-state index in [1.807, 2.05) is 6.07 Å². The lowest BCUT2D eigenvalue weighted by Gasteiger charge is -2.31. The number of hydrogen-bond donors (Lipinski definition) is 2. The molecule has 0 fully saturated rings. The minimum Gasteiger partial charge on any atom is -0.468 e. The molecular weight excluding hydrogens is 450 g/mol. The van der Waals surface area contributed by atoms with Gasteiger partial charge in [0.05, 0.1) is 7.11 Å². The number of amides is 3. The standard InChI is InChI=1S/C26H41N3O6/c1-6-7-8-9-10-14-17-29(21(30)18-28-25(33)35-26(2,3)4)23(20-15-12-11-13-16-20)24(32)27-19-22(31)34-5/h11-13,15-16,23H,6-10,14,17-19H2,1-5H3,(H,27,32)(H,28,33). The quantitative estimate of drug-likeness (QED) is 0.303. The van der Waals surface area contributed by atoms with E-state index in [0.717, 1.165) is 32.1 Å². The van der Waals surface area contributed by atoms with Crippen molar-refractivity contribution >= 4 is 23.9 Å². The molecule has 35 heavy (non-hydrogen) atoms. The number of rotatable bonds is 14. The molecule has 0 aromatic heterocycles. The Morgan fingerprint density at radius 2 is 1.54 bits per heavy atom. The molecule has 0 heterocycles. The highest BCUT2D eigenvalue weighted by Gasteiger charge is 2.31. The summed E-state index contributed by atoms with van der Waals surface area (Å²) >= 11 is 0. The molecule has 9 nitrogen and oxygen atoms in total. The SMILES string of the molecule is CCCCCCCCN(C(=O)CNC(=O)OC(C)(C)C)C(C(=O)NCC(=O)OC)c1ccccc1. The molecule has 0 bridgehead atoms. The number of carbonyl (C=O) groups excluding carboxylic acids is 4. The first-order chi connectivity index (χ1) is 16.6. The summed E-state index contributed by atoms with van der Waals surface area (Å²) in [6.45, 7) is 7.04. The molecule has 3 amide bonds. The fourth-order valence-corrected chi connectivity index (χ4v) is 3.46. The van der Waals surface area contributed by atoms with E-state index in [9.17, 15) is 19.2 Å². The van der Waals surface area contributed by atoms with Crippen LogP contribution in [0.2, 0.25) is 0 Å². The monoisotopic (exact) mass is 491 g/mol. The summed E-state index contributed by atoms with van der Waals surface area (Å²) in [4.78, 5) is 51.6. The maximum atomic E-state index is 13.3. The van der Waals surface area contributed by atoms with Gasteiger partial charge in [0, 0.05) is 6.54 Å². The van der Waals surface area contributed by atoms with Crippen molar-refractivity contribution in [2.24, 2.45) is 0 Å². The van der Waals surface area contributed by atoms with Crippen LogP contribution in [0.3, 0.4) is 0 Å². The van der Waals surface area contributed by atoms with Crippen molar-refractivity contribution in [3.8, 4) is 0 Å². The average molecular weight is 492 g/mol. The van der Waals surface area contributed by atoms with E-state index in [2.05, 4.69) is 22.3 Å². The fourth-order valence-electron chi connectivity index (χ4n) is 3.46. The molecule has 1 unspecified atom stereocenters. The van der Waals surface area contributed by atoms with E-state index < -0.39 is 35.5 Å². The van der Waals surface area contributed by atoms with Crippen LogP contribution in [0, 0.1) is 0 Å². The topological polar surface area (TPSA) is 114 Å². The van der Waals surface area contributed by atoms with Gasteiger partial charge in [0.15, 0.2) is 0 Å². The number of carbonyl (C=O) groups is 4. The molecule has 1 aromatic carbocycles. The Morgan fingerprint density at radius 1 is 0.914 bits per heavy atom.